The van der Waals surface area contributed by atoms with Gasteiger partial charge in [-0.15, -0.1) is 0 Å². The highest BCUT2D eigenvalue weighted by molar-refractivity contribution is 6.03. The third kappa shape index (κ3) is 3.99. The standard InChI is InChI=1S/C23H18N4O2/c24-14-16-8-10-19(11-9-16)25-22(28)20-6-3-7-21(26-20)23(29)27-13-12-17-4-1-2-5-18(17)15-27/h1-11H,12-13,15H2,(H,25,28). The van der Waals surface area contributed by atoms with Crippen LogP contribution in [0.4, 0.5) is 5.69 Å². The molecule has 2 amide bonds. The number of hydrogen-bond donors (Lipinski definition) is 1. The van der Waals surface area contributed by atoms with Crippen LogP contribution >= 0.6 is 0 Å². The summed E-state index contributed by atoms with van der Waals surface area (Å²) in [5.41, 5.74) is 3.88. The Morgan fingerprint density at radius 1 is 0.931 bits per heavy atom. The van der Waals surface area contributed by atoms with Crippen molar-refractivity contribution in [1.29, 1.82) is 5.26 Å². The number of anilines is 1. The lowest BCUT2D eigenvalue weighted by Crippen LogP contribution is -2.36. The summed E-state index contributed by atoms with van der Waals surface area (Å²) in [6, 6.07) is 21.5. The van der Waals surface area contributed by atoms with Gasteiger partial charge in [-0.25, -0.2) is 4.98 Å². The number of fused-ring (bicyclic) bond motifs is 1. The van der Waals surface area contributed by atoms with Crippen LogP contribution in [0, 0.1) is 11.3 Å². The van der Waals surface area contributed by atoms with E-state index in [1.807, 2.05) is 24.3 Å². The maximum atomic E-state index is 12.9. The quantitative estimate of drug-likeness (QED) is 0.752. The molecular formula is C23H18N4O2. The Kier molecular flexibility index (Phi) is 5.04. The lowest BCUT2D eigenvalue weighted by molar-refractivity contribution is 0.0728. The minimum atomic E-state index is -0.409. The van der Waals surface area contributed by atoms with Gasteiger partial charge in [-0.3, -0.25) is 9.59 Å². The van der Waals surface area contributed by atoms with Crippen molar-refractivity contribution in [3.8, 4) is 6.07 Å². The van der Waals surface area contributed by atoms with E-state index in [0.29, 0.717) is 24.3 Å². The van der Waals surface area contributed by atoms with Gasteiger partial charge in [0.25, 0.3) is 11.8 Å². The molecule has 1 aromatic heterocycles. The summed E-state index contributed by atoms with van der Waals surface area (Å²) >= 11 is 0. The number of carbonyl (C=O) groups excluding carboxylic acids is 2. The summed E-state index contributed by atoms with van der Waals surface area (Å²) in [6.07, 6.45) is 0.806. The highest BCUT2D eigenvalue weighted by atomic mass is 16.2. The van der Waals surface area contributed by atoms with Gasteiger partial charge in [0.15, 0.2) is 0 Å². The highest BCUT2D eigenvalue weighted by Gasteiger charge is 2.23. The summed E-state index contributed by atoms with van der Waals surface area (Å²) < 4.78 is 0. The van der Waals surface area contributed by atoms with Gasteiger partial charge in [0.05, 0.1) is 11.6 Å². The van der Waals surface area contributed by atoms with E-state index < -0.39 is 5.91 Å². The van der Waals surface area contributed by atoms with Gasteiger partial charge < -0.3 is 10.2 Å². The second-order valence-electron chi connectivity index (χ2n) is 6.80. The second-order valence-corrected chi connectivity index (χ2v) is 6.80. The third-order valence-electron chi connectivity index (χ3n) is 4.89. The molecule has 0 saturated heterocycles. The number of nitrogens with zero attached hydrogens (tertiary/aromatic N) is 3. The van der Waals surface area contributed by atoms with E-state index >= 15 is 0 Å². The Labute approximate surface area is 168 Å². The molecule has 0 aliphatic carbocycles. The van der Waals surface area contributed by atoms with Crippen molar-refractivity contribution < 1.29 is 9.59 Å². The van der Waals surface area contributed by atoms with Gasteiger partial charge >= 0.3 is 0 Å². The van der Waals surface area contributed by atoms with Crippen LogP contribution in [0.1, 0.15) is 37.7 Å². The average molecular weight is 382 g/mol. The molecule has 2 heterocycles. The number of carbonyl (C=O) groups is 2. The van der Waals surface area contributed by atoms with Crippen LogP contribution in [-0.2, 0) is 13.0 Å². The number of hydrogen-bond acceptors (Lipinski definition) is 4. The maximum Gasteiger partial charge on any atom is 0.274 e. The summed E-state index contributed by atoms with van der Waals surface area (Å²) in [6.45, 7) is 1.16. The molecule has 0 atom stereocenters. The number of benzene rings is 2. The smallest absolute Gasteiger partial charge is 0.274 e. The van der Waals surface area contributed by atoms with Gasteiger partial charge in [0.2, 0.25) is 0 Å². The predicted molar refractivity (Wildman–Crippen MR) is 108 cm³/mol. The van der Waals surface area contributed by atoms with E-state index in [4.69, 9.17) is 5.26 Å². The Morgan fingerprint density at radius 2 is 1.66 bits per heavy atom. The molecule has 0 radical (unpaired) electrons. The molecule has 3 aromatic rings. The van der Waals surface area contributed by atoms with Crippen LogP contribution in [0.2, 0.25) is 0 Å². The normalized spacial score (nSPS) is 12.6. The topological polar surface area (TPSA) is 86.1 Å². The van der Waals surface area contributed by atoms with Crippen LogP contribution in [0.3, 0.4) is 0 Å². The predicted octanol–water partition coefficient (Wildman–Crippen LogP) is 3.40. The summed E-state index contributed by atoms with van der Waals surface area (Å²) in [7, 11) is 0. The first-order valence-electron chi connectivity index (χ1n) is 9.28. The fourth-order valence-electron chi connectivity index (χ4n) is 3.33. The highest BCUT2D eigenvalue weighted by Crippen LogP contribution is 2.20. The lowest BCUT2D eigenvalue weighted by Gasteiger charge is -2.28. The number of pyridine rings is 1. The lowest BCUT2D eigenvalue weighted by atomic mass is 10.00. The van der Waals surface area contributed by atoms with Crippen molar-refractivity contribution >= 4 is 17.5 Å². The molecule has 0 unspecified atom stereocenters. The monoisotopic (exact) mass is 382 g/mol. The minimum Gasteiger partial charge on any atom is -0.333 e. The Bertz CT molecular complexity index is 1120. The zero-order valence-electron chi connectivity index (χ0n) is 15.6. The molecule has 0 saturated carbocycles. The molecule has 4 rings (SSSR count). The van der Waals surface area contributed by atoms with Crippen LogP contribution in [0.15, 0.2) is 66.7 Å². The first-order valence-corrected chi connectivity index (χ1v) is 9.28. The third-order valence-corrected chi connectivity index (χ3v) is 4.89. The SMILES string of the molecule is N#Cc1ccc(NC(=O)c2cccc(C(=O)N3CCc4ccccc4C3)n2)cc1. The van der Waals surface area contributed by atoms with E-state index in [9.17, 15) is 9.59 Å². The molecule has 1 aliphatic rings. The zero-order valence-corrected chi connectivity index (χ0v) is 15.6. The Balaban J connectivity index is 1.48. The van der Waals surface area contributed by atoms with Gasteiger partial charge in [0, 0.05) is 18.8 Å². The summed E-state index contributed by atoms with van der Waals surface area (Å²) in [5.74, 6) is -0.596. The molecular weight excluding hydrogens is 364 g/mol. The minimum absolute atomic E-state index is 0.164. The summed E-state index contributed by atoms with van der Waals surface area (Å²) in [4.78, 5) is 31.5. The number of amides is 2. The summed E-state index contributed by atoms with van der Waals surface area (Å²) in [5, 5.41) is 11.6. The molecule has 1 aliphatic heterocycles. The maximum absolute atomic E-state index is 12.9. The van der Waals surface area contributed by atoms with Gasteiger partial charge in [-0.1, -0.05) is 30.3 Å². The van der Waals surface area contributed by atoms with Crippen molar-refractivity contribution in [3.05, 3.63) is 94.8 Å². The number of rotatable bonds is 3. The zero-order chi connectivity index (χ0) is 20.2. The van der Waals surface area contributed by atoms with Crippen LogP contribution in [0.25, 0.3) is 0 Å². The van der Waals surface area contributed by atoms with Crippen molar-refractivity contribution in [3.63, 3.8) is 0 Å². The second kappa shape index (κ2) is 7.95. The Hall–Kier alpha value is -3.98. The average Bonchev–Trinajstić information content (AvgIpc) is 2.79. The fraction of sp³-hybridized carbons (Fsp3) is 0.130. The molecule has 1 N–H and O–H groups in total. The molecule has 0 bridgehead atoms. The van der Waals surface area contributed by atoms with Crippen molar-refractivity contribution in [2.45, 2.75) is 13.0 Å². The molecule has 6 nitrogen and oxygen atoms in total. The van der Waals surface area contributed by atoms with Crippen LogP contribution in [0.5, 0.6) is 0 Å². The largest absolute Gasteiger partial charge is 0.333 e. The molecule has 2 aromatic carbocycles. The van der Waals surface area contributed by atoms with E-state index in [2.05, 4.69) is 16.4 Å². The molecule has 142 valence electrons. The molecule has 6 heteroatoms. The van der Waals surface area contributed by atoms with Gasteiger partial charge in [-0.05, 0) is 53.9 Å². The van der Waals surface area contributed by atoms with Crippen molar-refractivity contribution in [2.75, 3.05) is 11.9 Å². The number of nitriles is 1. The molecule has 0 fully saturated rings. The number of aromatic nitrogens is 1. The van der Waals surface area contributed by atoms with E-state index in [1.54, 1.807) is 47.4 Å². The van der Waals surface area contributed by atoms with E-state index in [1.165, 1.54) is 5.56 Å². The Morgan fingerprint density at radius 3 is 2.41 bits per heavy atom. The van der Waals surface area contributed by atoms with Gasteiger partial charge in [-0.2, -0.15) is 5.26 Å². The first-order chi connectivity index (χ1) is 14.1. The van der Waals surface area contributed by atoms with E-state index in [0.717, 1.165) is 12.0 Å². The fourth-order valence-corrected chi connectivity index (χ4v) is 3.33. The van der Waals surface area contributed by atoms with Crippen LogP contribution in [-0.4, -0.2) is 28.2 Å². The van der Waals surface area contributed by atoms with Crippen LogP contribution < -0.4 is 5.32 Å². The van der Waals surface area contributed by atoms with Crippen molar-refractivity contribution in [2.24, 2.45) is 0 Å². The first kappa shape index (κ1) is 18.4. The number of nitrogens with one attached hydrogen (secondary N) is 1. The molecule has 0 spiro atoms. The van der Waals surface area contributed by atoms with E-state index in [-0.39, 0.29) is 17.3 Å². The van der Waals surface area contributed by atoms with Gasteiger partial charge in [0.1, 0.15) is 11.4 Å². The van der Waals surface area contributed by atoms with Crippen molar-refractivity contribution in [1.82, 2.24) is 9.88 Å². The molecule has 29 heavy (non-hydrogen) atoms.